The molecule has 2 heterocycles. The fourth-order valence-electron chi connectivity index (χ4n) is 4.22. The van der Waals surface area contributed by atoms with Gasteiger partial charge in [-0.25, -0.2) is 25.6 Å². The van der Waals surface area contributed by atoms with Gasteiger partial charge in [0.2, 0.25) is 10.0 Å². The van der Waals surface area contributed by atoms with Crippen LogP contribution in [0.25, 0.3) is 10.9 Å². The summed E-state index contributed by atoms with van der Waals surface area (Å²) in [4.78, 5) is 12.7. The van der Waals surface area contributed by atoms with E-state index < -0.39 is 31.7 Å². The third-order valence-electron chi connectivity index (χ3n) is 5.52. The van der Waals surface area contributed by atoms with E-state index in [0.29, 0.717) is 0 Å². The molecule has 4 rings (SSSR count). The molecule has 1 aliphatic heterocycles. The van der Waals surface area contributed by atoms with Gasteiger partial charge in [0.25, 0.3) is 10.0 Å². The minimum absolute atomic E-state index is 0.0587. The van der Waals surface area contributed by atoms with Crippen molar-refractivity contribution in [3.05, 3.63) is 60.3 Å². The Morgan fingerprint density at radius 2 is 1.53 bits per heavy atom. The Labute approximate surface area is 199 Å². The number of sulfonamides is 1. The van der Waals surface area contributed by atoms with Crippen LogP contribution in [0.1, 0.15) is 31.3 Å². The van der Waals surface area contributed by atoms with E-state index in [-0.39, 0.29) is 52.6 Å². The first-order chi connectivity index (χ1) is 16.1. The Morgan fingerprint density at radius 1 is 0.941 bits per heavy atom. The molecular weight excluding hydrogens is 480 g/mol. The van der Waals surface area contributed by atoms with Gasteiger partial charge in [-0.15, -0.1) is 0 Å². The summed E-state index contributed by atoms with van der Waals surface area (Å²) in [6.45, 7) is 5.16. The van der Waals surface area contributed by atoms with Crippen molar-refractivity contribution in [1.29, 1.82) is 0 Å². The van der Waals surface area contributed by atoms with Crippen LogP contribution >= 0.6 is 0 Å². The number of hydrogen-bond donors (Lipinski definition) is 0. The average Bonchev–Trinajstić information content (AvgIpc) is 3.16. The van der Waals surface area contributed by atoms with Crippen LogP contribution in [0.4, 0.5) is 0 Å². The third-order valence-corrected chi connectivity index (χ3v) is 9.15. The molecule has 0 aliphatic carbocycles. The molecule has 0 amide bonds. The van der Waals surface area contributed by atoms with Crippen molar-refractivity contribution in [3.8, 4) is 0 Å². The number of esters is 1. The van der Waals surface area contributed by atoms with E-state index in [1.165, 1.54) is 28.6 Å². The molecule has 9 nitrogen and oxygen atoms in total. The Bertz CT molecular complexity index is 1420. The summed E-state index contributed by atoms with van der Waals surface area (Å²) in [6, 6.07) is 13.7. The Kier molecular flexibility index (Phi) is 6.56. The first kappa shape index (κ1) is 24.4. The lowest BCUT2D eigenvalue weighted by molar-refractivity contribution is -0.0440. The fraction of sp³-hybridized carbons (Fsp3) is 0.348. The Hall–Kier alpha value is -2.73. The van der Waals surface area contributed by atoms with Gasteiger partial charge in [-0.3, -0.25) is 0 Å². The number of rotatable bonds is 6. The van der Waals surface area contributed by atoms with Gasteiger partial charge in [-0.1, -0.05) is 36.4 Å². The zero-order chi connectivity index (χ0) is 24.7. The molecule has 1 aliphatic rings. The molecular formula is C23H26N2O7S2. The lowest BCUT2D eigenvalue weighted by Crippen LogP contribution is -2.48. The van der Waals surface area contributed by atoms with E-state index in [0.717, 1.165) is 3.97 Å². The van der Waals surface area contributed by atoms with E-state index in [1.807, 2.05) is 0 Å². The molecule has 182 valence electrons. The number of aromatic nitrogens is 1. The minimum Gasteiger partial charge on any atom is -0.461 e. The van der Waals surface area contributed by atoms with Crippen molar-refractivity contribution < 1.29 is 31.1 Å². The molecule has 2 aromatic carbocycles. The maximum Gasteiger partial charge on any atom is 0.357 e. The third kappa shape index (κ3) is 4.13. The highest BCUT2D eigenvalue weighted by Gasteiger charge is 2.41. The highest BCUT2D eigenvalue weighted by atomic mass is 32.2. The lowest BCUT2D eigenvalue weighted by atomic mass is 10.2. The number of benzene rings is 2. The van der Waals surface area contributed by atoms with Crippen LogP contribution < -0.4 is 0 Å². The topological polar surface area (TPSA) is 112 Å². The second-order valence-electron chi connectivity index (χ2n) is 8.08. The first-order valence-corrected chi connectivity index (χ1v) is 13.7. The highest BCUT2D eigenvalue weighted by Crippen LogP contribution is 2.36. The summed E-state index contributed by atoms with van der Waals surface area (Å²) < 4.78 is 68.2. The molecule has 2 atom stereocenters. The monoisotopic (exact) mass is 506 g/mol. The van der Waals surface area contributed by atoms with E-state index in [1.54, 1.807) is 51.1 Å². The zero-order valence-corrected chi connectivity index (χ0v) is 20.7. The molecule has 0 bridgehead atoms. The number of para-hydroxylation sites is 1. The van der Waals surface area contributed by atoms with Gasteiger partial charge in [0.15, 0.2) is 5.69 Å². The van der Waals surface area contributed by atoms with Crippen molar-refractivity contribution in [2.75, 3.05) is 19.7 Å². The second-order valence-corrected chi connectivity index (χ2v) is 11.7. The summed E-state index contributed by atoms with van der Waals surface area (Å²) in [5.41, 5.74) is -0.471. The van der Waals surface area contributed by atoms with Crippen LogP contribution in [0.5, 0.6) is 0 Å². The van der Waals surface area contributed by atoms with Crippen LogP contribution in [-0.2, 0) is 29.5 Å². The van der Waals surface area contributed by atoms with E-state index in [4.69, 9.17) is 9.47 Å². The number of fused-ring (bicyclic) bond motifs is 1. The molecule has 34 heavy (non-hydrogen) atoms. The highest BCUT2D eigenvalue weighted by molar-refractivity contribution is 7.91. The Morgan fingerprint density at radius 3 is 2.15 bits per heavy atom. The van der Waals surface area contributed by atoms with Gasteiger partial charge >= 0.3 is 5.97 Å². The van der Waals surface area contributed by atoms with Gasteiger partial charge < -0.3 is 9.47 Å². The largest absolute Gasteiger partial charge is 0.461 e. The summed E-state index contributed by atoms with van der Waals surface area (Å²) >= 11 is 0. The van der Waals surface area contributed by atoms with E-state index >= 15 is 0 Å². The normalized spacial score (nSPS) is 19.9. The number of ether oxygens (including phenoxy) is 2. The zero-order valence-electron chi connectivity index (χ0n) is 19.0. The number of nitrogens with zero attached hydrogens (tertiary/aromatic N) is 2. The fourth-order valence-corrected chi connectivity index (χ4v) is 7.76. The number of carbonyl (C=O) groups is 1. The molecule has 0 spiro atoms. The van der Waals surface area contributed by atoms with Gasteiger partial charge in [0.1, 0.15) is 4.90 Å². The molecule has 2 unspecified atom stereocenters. The van der Waals surface area contributed by atoms with Crippen molar-refractivity contribution in [1.82, 2.24) is 8.28 Å². The first-order valence-electron chi connectivity index (χ1n) is 10.9. The lowest BCUT2D eigenvalue weighted by Gasteiger charge is -2.34. The summed E-state index contributed by atoms with van der Waals surface area (Å²) in [5.74, 6) is -1.04. The molecule has 1 saturated heterocycles. The van der Waals surface area contributed by atoms with Crippen molar-refractivity contribution in [2.45, 2.75) is 42.8 Å². The van der Waals surface area contributed by atoms with Crippen molar-refractivity contribution in [3.63, 3.8) is 0 Å². The molecule has 0 N–H and O–H groups in total. The average molecular weight is 507 g/mol. The van der Waals surface area contributed by atoms with E-state index in [9.17, 15) is 21.6 Å². The van der Waals surface area contributed by atoms with Crippen LogP contribution in [0.15, 0.2) is 64.4 Å². The predicted molar refractivity (Wildman–Crippen MR) is 126 cm³/mol. The van der Waals surface area contributed by atoms with Gasteiger partial charge in [0, 0.05) is 18.5 Å². The molecule has 0 saturated carbocycles. The smallest absolute Gasteiger partial charge is 0.357 e. The summed E-state index contributed by atoms with van der Waals surface area (Å²) in [7, 11) is -8.65. The van der Waals surface area contributed by atoms with Crippen molar-refractivity contribution in [2.24, 2.45) is 0 Å². The number of hydrogen-bond acceptors (Lipinski definition) is 7. The van der Waals surface area contributed by atoms with Crippen LogP contribution in [0, 0.1) is 0 Å². The quantitative estimate of drug-likeness (QED) is 0.473. The number of carbonyl (C=O) groups excluding carboxylic acids is 1. The maximum absolute atomic E-state index is 14.0. The van der Waals surface area contributed by atoms with Crippen LogP contribution in [-0.4, -0.2) is 63.0 Å². The van der Waals surface area contributed by atoms with E-state index in [2.05, 4.69) is 0 Å². The van der Waals surface area contributed by atoms with Crippen LogP contribution in [0.2, 0.25) is 0 Å². The molecule has 3 aromatic rings. The van der Waals surface area contributed by atoms with Gasteiger partial charge in [-0.2, -0.15) is 4.31 Å². The Balaban J connectivity index is 2.07. The molecule has 0 radical (unpaired) electrons. The second kappa shape index (κ2) is 9.14. The van der Waals surface area contributed by atoms with Gasteiger partial charge in [-0.05, 0) is 39.0 Å². The molecule has 1 aromatic heterocycles. The molecule has 11 heteroatoms. The van der Waals surface area contributed by atoms with Gasteiger partial charge in [0.05, 0.1) is 29.2 Å². The summed E-state index contributed by atoms with van der Waals surface area (Å²) in [6.07, 6.45) is -0.739. The minimum atomic E-state index is -4.34. The number of morpholine rings is 1. The summed E-state index contributed by atoms with van der Waals surface area (Å²) in [5, 5.41) is 0.122. The maximum atomic E-state index is 14.0. The van der Waals surface area contributed by atoms with Crippen molar-refractivity contribution >= 4 is 36.9 Å². The van der Waals surface area contributed by atoms with Crippen LogP contribution in [0.3, 0.4) is 0 Å². The standard InChI is InChI=1S/C23H26N2O7S2/c1-4-31-23(26)21-22(34(29,30)24-14-16(2)32-17(3)15-24)19-12-8-9-13-20(19)25(21)33(27,28)18-10-6-5-7-11-18/h5-13,16-17H,4,14-15H2,1-3H3. The predicted octanol–water partition coefficient (Wildman–Crippen LogP) is 2.85. The molecule has 1 fully saturated rings. The SMILES string of the molecule is CCOC(=O)c1c(S(=O)(=O)N2CC(C)OC(C)C2)c2ccccc2n1S(=O)(=O)c1ccccc1.